The summed E-state index contributed by atoms with van der Waals surface area (Å²) < 4.78 is 0. The molecule has 0 fully saturated rings. The Morgan fingerprint density at radius 1 is 1.62 bits per heavy atom. The Labute approximate surface area is 52.3 Å². The molecule has 0 aliphatic heterocycles. The highest BCUT2D eigenvalue weighted by Gasteiger charge is 1.64. The van der Waals surface area contributed by atoms with Crippen LogP contribution in [0.2, 0.25) is 0 Å². The predicted octanol–water partition coefficient (Wildman–Crippen LogP) is 1.54. The average molecular weight is 130 g/mol. The van der Waals surface area contributed by atoms with Gasteiger partial charge in [-0.2, -0.15) is 0 Å². The molecule has 42 valence electrons. The highest BCUT2D eigenvalue weighted by Crippen LogP contribution is 1.69. The van der Waals surface area contributed by atoms with E-state index in [4.69, 9.17) is 17.1 Å². The van der Waals surface area contributed by atoms with Gasteiger partial charge in [-0.3, -0.25) is 0 Å². The number of rotatable bonds is 1. The van der Waals surface area contributed by atoms with Gasteiger partial charge in [-0.25, -0.2) is 0 Å². The fraction of sp³-hybridized carbons (Fsp3) is 0.500. The minimum Gasteiger partial charge on any atom is -0.113 e. The van der Waals surface area contributed by atoms with Crippen molar-refractivity contribution in [3.8, 4) is 11.8 Å². The van der Waals surface area contributed by atoms with Crippen molar-refractivity contribution in [2.45, 2.75) is 0 Å². The highest BCUT2D eigenvalue weighted by atomic mass is 35.5. The molecule has 0 saturated carbocycles. The maximum atomic E-state index is 7.72. The van der Waals surface area contributed by atoms with E-state index in [0.29, 0.717) is 5.88 Å². The maximum absolute atomic E-state index is 7.72. The quantitative estimate of drug-likeness (QED) is 0.170. The second kappa shape index (κ2) is 6.16. The van der Waals surface area contributed by atoms with Crippen LogP contribution in [0.25, 0.3) is 10.4 Å². The normalized spacial score (nSPS) is 6.12. The molecule has 0 aromatic carbocycles. The lowest BCUT2D eigenvalue weighted by Crippen LogP contribution is -1.67. The third-order valence-corrected chi connectivity index (χ3v) is 0.538. The first-order valence-electron chi connectivity index (χ1n) is 1.94. The predicted molar refractivity (Wildman–Crippen MR) is 32.5 cm³/mol. The summed E-state index contributed by atoms with van der Waals surface area (Å²) in [5.74, 6) is 5.36. The van der Waals surface area contributed by atoms with Gasteiger partial charge in [-0.1, -0.05) is 17.0 Å². The first-order chi connectivity index (χ1) is 3.91. The number of nitrogens with zero attached hydrogens (tertiary/aromatic N) is 3. The Morgan fingerprint density at radius 3 is 2.88 bits per heavy atom. The molecular formula is C4H4ClN3. The van der Waals surface area contributed by atoms with Crippen molar-refractivity contribution in [2.24, 2.45) is 5.11 Å². The fourth-order valence-corrected chi connectivity index (χ4v) is 0.265. The van der Waals surface area contributed by atoms with Gasteiger partial charge < -0.3 is 0 Å². The van der Waals surface area contributed by atoms with Crippen LogP contribution < -0.4 is 0 Å². The van der Waals surface area contributed by atoms with Crippen LogP contribution in [0.15, 0.2) is 5.11 Å². The summed E-state index contributed by atoms with van der Waals surface area (Å²) in [6.45, 7) is 0.212. The molecule has 0 aromatic rings. The SMILES string of the molecule is [N-]=[N+]=NCC#CCCl. The van der Waals surface area contributed by atoms with Crippen LogP contribution >= 0.6 is 11.6 Å². The first kappa shape index (κ1) is 7.16. The van der Waals surface area contributed by atoms with E-state index in [-0.39, 0.29) is 6.54 Å². The van der Waals surface area contributed by atoms with E-state index in [0.717, 1.165) is 0 Å². The molecular weight excluding hydrogens is 126 g/mol. The van der Waals surface area contributed by atoms with Crippen LogP contribution in [0.1, 0.15) is 0 Å². The van der Waals surface area contributed by atoms with E-state index in [1.165, 1.54) is 0 Å². The third kappa shape index (κ3) is 5.16. The van der Waals surface area contributed by atoms with Crippen molar-refractivity contribution < 1.29 is 0 Å². The number of halogens is 1. The zero-order chi connectivity index (χ0) is 6.24. The number of hydrogen-bond acceptors (Lipinski definition) is 1. The summed E-state index contributed by atoms with van der Waals surface area (Å²) in [6, 6.07) is 0. The van der Waals surface area contributed by atoms with Crippen LogP contribution in [-0.4, -0.2) is 12.4 Å². The summed E-state index contributed by atoms with van der Waals surface area (Å²) in [4.78, 5) is 2.49. The molecule has 0 aliphatic rings. The van der Waals surface area contributed by atoms with Gasteiger partial charge in [-0.15, -0.1) is 11.6 Å². The highest BCUT2D eigenvalue weighted by molar-refractivity contribution is 6.19. The summed E-state index contributed by atoms with van der Waals surface area (Å²) in [5, 5.41) is 3.16. The van der Waals surface area contributed by atoms with Crippen molar-refractivity contribution in [1.82, 2.24) is 0 Å². The van der Waals surface area contributed by atoms with E-state index in [9.17, 15) is 0 Å². The molecule has 0 aromatic heterocycles. The lowest BCUT2D eigenvalue weighted by atomic mass is 10.6. The van der Waals surface area contributed by atoms with E-state index in [2.05, 4.69) is 21.9 Å². The van der Waals surface area contributed by atoms with Crippen molar-refractivity contribution >= 4 is 11.6 Å². The molecule has 0 N–H and O–H groups in total. The second-order valence-corrected chi connectivity index (χ2v) is 1.14. The molecule has 4 heteroatoms. The molecule has 0 heterocycles. The van der Waals surface area contributed by atoms with Gasteiger partial charge in [-0.05, 0) is 5.53 Å². The standard InChI is InChI=1S/C4H4ClN3/c5-3-1-2-4-7-8-6/h3-4H2. The summed E-state index contributed by atoms with van der Waals surface area (Å²) in [6.07, 6.45) is 0. The maximum Gasteiger partial charge on any atom is 0.0877 e. The van der Waals surface area contributed by atoms with E-state index >= 15 is 0 Å². The summed E-state index contributed by atoms with van der Waals surface area (Å²) in [5.41, 5.74) is 7.72. The van der Waals surface area contributed by atoms with Gasteiger partial charge in [0, 0.05) is 4.91 Å². The molecule has 0 spiro atoms. The topological polar surface area (TPSA) is 48.8 Å². The minimum atomic E-state index is 0.212. The van der Waals surface area contributed by atoms with Gasteiger partial charge in [0.25, 0.3) is 0 Å². The zero-order valence-corrected chi connectivity index (χ0v) is 4.89. The lowest BCUT2D eigenvalue weighted by molar-refractivity contribution is 1.25. The van der Waals surface area contributed by atoms with E-state index < -0.39 is 0 Å². The van der Waals surface area contributed by atoms with Crippen LogP contribution in [0.4, 0.5) is 0 Å². The van der Waals surface area contributed by atoms with Crippen LogP contribution in [0.5, 0.6) is 0 Å². The van der Waals surface area contributed by atoms with Gasteiger partial charge in [0.05, 0.1) is 12.4 Å². The van der Waals surface area contributed by atoms with Crippen molar-refractivity contribution in [2.75, 3.05) is 12.4 Å². The Kier molecular flexibility index (Phi) is 5.51. The number of azide groups is 1. The molecule has 0 atom stereocenters. The third-order valence-electron chi connectivity index (χ3n) is 0.405. The van der Waals surface area contributed by atoms with Gasteiger partial charge >= 0.3 is 0 Å². The lowest BCUT2D eigenvalue weighted by Gasteiger charge is -1.66. The Balaban J connectivity index is 3.29. The largest absolute Gasteiger partial charge is 0.113 e. The zero-order valence-electron chi connectivity index (χ0n) is 4.13. The minimum absolute atomic E-state index is 0.212. The molecule has 0 bridgehead atoms. The number of hydrogen-bond donors (Lipinski definition) is 0. The van der Waals surface area contributed by atoms with Crippen LogP contribution in [0.3, 0.4) is 0 Å². The van der Waals surface area contributed by atoms with Crippen LogP contribution in [-0.2, 0) is 0 Å². The van der Waals surface area contributed by atoms with Gasteiger partial charge in [0.15, 0.2) is 0 Å². The van der Waals surface area contributed by atoms with Crippen LogP contribution in [0, 0.1) is 11.8 Å². The Bertz CT molecular complexity index is 148. The fourth-order valence-electron chi connectivity index (χ4n) is 0.170. The molecule has 8 heavy (non-hydrogen) atoms. The van der Waals surface area contributed by atoms with Gasteiger partial charge in [0.1, 0.15) is 0 Å². The van der Waals surface area contributed by atoms with Crippen molar-refractivity contribution in [3.05, 3.63) is 10.4 Å². The summed E-state index contributed by atoms with van der Waals surface area (Å²) in [7, 11) is 0. The second-order valence-electron chi connectivity index (χ2n) is 0.876. The monoisotopic (exact) mass is 129 g/mol. The summed E-state index contributed by atoms with van der Waals surface area (Å²) >= 11 is 5.17. The van der Waals surface area contributed by atoms with E-state index in [1.54, 1.807) is 0 Å². The number of alkyl halides is 1. The Hall–Kier alpha value is -0.840. The van der Waals surface area contributed by atoms with E-state index in [1.807, 2.05) is 0 Å². The van der Waals surface area contributed by atoms with Crippen molar-refractivity contribution in [1.29, 1.82) is 0 Å². The molecule has 3 nitrogen and oxygen atoms in total. The first-order valence-corrected chi connectivity index (χ1v) is 2.48. The smallest absolute Gasteiger partial charge is 0.0877 e. The average Bonchev–Trinajstić information content (AvgIpc) is 1.81. The van der Waals surface area contributed by atoms with Crippen molar-refractivity contribution in [3.63, 3.8) is 0 Å². The molecule has 0 aliphatic carbocycles. The van der Waals surface area contributed by atoms with Gasteiger partial charge in [0.2, 0.25) is 0 Å². The molecule has 0 saturated heterocycles. The molecule has 0 unspecified atom stereocenters. The molecule has 0 rings (SSSR count). The molecule has 0 amide bonds. The Morgan fingerprint density at radius 2 is 2.38 bits per heavy atom. The molecule has 0 radical (unpaired) electrons.